The molecule has 0 aliphatic rings. The highest BCUT2D eigenvalue weighted by molar-refractivity contribution is 5.78. The Morgan fingerprint density at radius 2 is 2.00 bits per heavy atom. The zero-order valence-corrected chi connectivity index (χ0v) is 9.17. The van der Waals surface area contributed by atoms with Crippen molar-refractivity contribution in [3.05, 3.63) is 17.8 Å². The number of alkyl halides is 1. The van der Waals surface area contributed by atoms with E-state index < -0.39 is 17.1 Å². The van der Waals surface area contributed by atoms with Gasteiger partial charge in [0.1, 0.15) is 5.41 Å². The molecule has 1 aromatic rings. The van der Waals surface area contributed by atoms with Gasteiger partial charge in [0.15, 0.2) is 11.4 Å². The minimum Gasteiger partial charge on any atom is -0.480 e. The Morgan fingerprint density at radius 3 is 2.33 bits per heavy atom. The number of oxazole rings is 1. The van der Waals surface area contributed by atoms with E-state index in [4.69, 9.17) is 9.52 Å². The maximum atomic E-state index is 13.4. The lowest BCUT2D eigenvalue weighted by Gasteiger charge is -2.15. The van der Waals surface area contributed by atoms with Gasteiger partial charge in [-0.2, -0.15) is 0 Å². The lowest BCUT2D eigenvalue weighted by molar-refractivity contribution is -0.143. The summed E-state index contributed by atoms with van der Waals surface area (Å²) in [6.45, 7) is 5.56. The molecule has 4 nitrogen and oxygen atoms in total. The number of carbonyl (C=O) groups is 1. The zero-order valence-electron chi connectivity index (χ0n) is 9.17. The minimum atomic E-state index is -1.65. The van der Waals surface area contributed by atoms with E-state index >= 15 is 0 Å². The van der Waals surface area contributed by atoms with Crippen molar-refractivity contribution >= 4 is 5.97 Å². The molecule has 0 aliphatic heterocycles. The van der Waals surface area contributed by atoms with Crippen LogP contribution in [0.2, 0.25) is 0 Å². The van der Waals surface area contributed by atoms with Crippen LogP contribution in [0.1, 0.15) is 39.3 Å². The quantitative estimate of drug-likeness (QED) is 0.839. The topological polar surface area (TPSA) is 63.3 Å². The average molecular weight is 215 g/mol. The first kappa shape index (κ1) is 11.7. The molecule has 0 bridgehead atoms. The van der Waals surface area contributed by atoms with Gasteiger partial charge in [-0.15, -0.1) is 0 Å². The molecule has 0 aromatic carbocycles. The maximum absolute atomic E-state index is 13.4. The van der Waals surface area contributed by atoms with Gasteiger partial charge in [-0.1, -0.05) is 0 Å². The Labute approximate surface area is 87.1 Å². The monoisotopic (exact) mass is 215 g/mol. The summed E-state index contributed by atoms with van der Waals surface area (Å²) in [4.78, 5) is 14.7. The van der Waals surface area contributed by atoms with Crippen LogP contribution >= 0.6 is 0 Å². The first-order valence-electron chi connectivity index (χ1n) is 4.55. The number of halogens is 1. The molecular formula is C10H14FNO3. The molecule has 1 rings (SSSR count). The first-order chi connectivity index (χ1) is 6.65. The molecular weight excluding hydrogens is 201 g/mol. The summed E-state index contributed by atoms with van der Waals surface area (Å²) >= 11 is 0. The standard InChI is InChI=1S/C10H14FNO3/c1-9(2,8(13)14)7-12-5-6(15-7)10(3,4)11/h5H,1-4H3,(H,13,14). The van der Waals surface area contributed by atoms with Gasteiger partial charge in [0.25, 0.3) is 0 Å². The predicted octanol–water partition coefficient (Wildman–Crippen LogP) is 2.24. The highest BCUT2D eigenvalue weighted by atomic mass is 19.1. The number of hydrogen-bond acceptors (Lipinski definition) is 3. The van der Waals surface area contributed by atoms with Crippen molar-refractivity contribution in [2.75, 3.05) is 0 Å². The zero-order chi connectivity index (χ0) is 11.9. The van der Waals surface area contributed by atoms with Crippen molar-refractivity contribution in [3.63, 3.8) is 0 Å². The van der Waals surface area contributed by atoms with Gasteiger partial charge in [0, 0.05) is 0 Å². The van der Waals surface area contributed by atoms with Crippen molar-refractivity contribution in [2.45, 2.75) is 38.8 Å². The third-order valence-corrected chi connectivity index (χ3v) is 2.16. The minimum absolute atomic E-state index is 0.00993. The lowest BCUT2D eigenvalue weighted by Crippen LogP contribution is -2.28. The molecule has 15 heavy (non-hydrogen) atoms. The van der Waals surface area contributed by atoms with Crippen LogP contribution in [-0.2, 0) is 15.9 Å². The van der Waals surface area contributed by atoms with Crippen LogP contribution in [0.15, 0.2) is 10.6 Å². The number of carboxylic acids is 1. The molecule has 0 amide bonds. The molecule has 0 fully saturated rings. The van der Waals surface area contributed by atoms with Gasteiger partial charge in [-0.05, 0) is 27.7 Å². The van der Waals surface area contributed by atoms with Gasteiger partial charge < -0.3 is 9.52 Å². The number of carboxylic acid groups (broad SMARTS) is 1. The van der Waals surface area contributed by atoms with Crippen molar-refractivity contribution < 1.29 is 18.7 Å². The number of hydrogen-bond donors (Lipinski definition) is 1. The van der Waals surface area contributed by atoms with Crippen molar-refractivity contribution in [2.24, 2.45) is 0 Å². The van der Waals surface area contributed by atoms with E-state index in [0.717, 1.165) is 0 Å². The summed E-state index contributed by atoms with van der Waals surface area (Å²) in [5.74, 6) is -1.02. The van der Waals surface area contributed by atoms with Crippen molar-refractivity contribution in [1.82, 2.24) is 4.98 Å². The molecule has 1 heterocycles. The van der Waals surface area contributed by atoms with Gasteiger partial charge in [-0.25, -0.2) is 9.37 Å². The summed E-state index contributed by atoms with van der Waals surface area (Å²) in [6.07, 6.45) is 1.22. The van der Waals surface area contributed by atoms with Crippen molar-refractivity contribution in [1.29, 1.82) is 0 Å². The number of nitrogens with zero attached hydrogens (tertiary/aromatic N) is 1. The Balaban J connectivity index is 3.10. The van der Waals surface area contributed by atoms with Crippen LogP contribution in [0, 0.1) is 0 Å². The van der Waals surface area contributed by atoms with Crippen LogP contribution in [0.5, 0.6) is 0 Å². The smallest absolute Gasteiger partial charge is 0.318 e. The largest absolute Gasteiger partial charge is 0.480 e. The molecule has 0 spiro atoms. The maximum Gasteiger partial charge on any atom is 0.318 e. The summed E-state index contributed by atoms with van der Waals surface area (Å²) < 4.78 is 18.5. The van der Waals surface area contributed by atoms with Gasteiger partial charge >= 0.3 is 5.97 Å². The third kappa shape index (κ3) is 2.16. The molecule has 84 valence electrons. The molecule has 0 aliphatic carbocycles. The second-order valence-corrected chi connectivity index (χ2v) is 4.43. The number of rotatable bonds is 3. The number of aromatic nitrogens is 1. The van der Waals surface area contributed by atoms with E-state index in [1.807, 2.05) is 0 Å². The first-order valence-corrected chi connectivity index (χ1v) is 4.55. The summed E-state index contributed by atoms with van der Waals surface area (Å²) in [7, 11) is 0. The Bertz CT molecular complexity index is 376. The average Bonchev–Trinajstić information content (AvgIpc) is 2.50. The van der Waals surface area contributed by atoms with Crippen LogP contribution in [0.4, 0.5) is 4.39 Å². The van der Waals surface area contributed by atoms with E-state index in [2.05, 4.69) is 4.98 Å². The predicted molar refractivity (Wildman–Crippen MR) is 51.3 cm³/mol. The van der Waals surface area contributed by atoms with E-state index in [1.165, 1.54) is 33.9 Å². The fraction of sp³-hybridized carbons (Fsp3) is 0.600. The molecule has 5 heteroatoms. The lowest BCUT2D eigenvalue weighted by atomic mass is 9.94. The van der Waals surface area contributed by atoms with E-state index in [1.54, 1.807) is 0 Å². The molecule has 0 atom stereocenters. The molecule has 1 N–H and O–H groups in total. The second kappa shape index (κ2) is 3.32. The fourth-order valence-electron chi connectivity index (χ4n) is 0.929. The van der Waals surface area contributed by atoms with E-state index in [-0.39, 0.29) is 11.7 Å². The van der Waals surface area contributed by atoms with Gasteiger partial charge in [0.2, 0.25) is 5.89 Å². The Hall–Kier alpha value is -1.39. The number of aliphatic carboxylic acids is 1. The molecule has 0 saturated carbocycles. The third-order valence-electron chi connectivity index (χ3n) is 2.16. The Morgan fingerprint density at radius 1 is 1.47 bits per heavy atom. The van der Waals surface area contributed by atoms with Crippen molar-refractivity contribution in [3.8, 4) is 0 Å². The van der Waals surface area contributed by atoms with Crippen LogP contribution in [0.3, 0.4) is 0 Å². The summed E-state index contributed by atoms with van der Waals surface area (Å²) in [6, 6.07) is 0. The molecule has 0 radical (unpaired) electrons. The highest BCUT2D eigenvalue weighted by Crippen LogP contribution is 2.29. The molecule has 0 saturated heterocycles. The second-order valence-electron chi connectivity index (χ2n) is 4.43. The van der Waals surface area contributed by atoms with E-state index in [9.17, 15) is 9.18 Å². The normalized spacial score (nSPS) is 12.9. The molecule has 1 aromatic heterocycles. The summed E-state index contributed by atoms with van der Waals surface area (Å²) in [5.41, 5.74) is -2.90. The SMILES string of the molecule is CC(C)(F)c1cnc(C(C)(C)C(=O)O)o1. The fourth-order valence-corrected chi connectivity index (χ4v) is 0.929. The van der Waals surface area contributed by atoms with Crippen LogP contribution < -0.4 is 0 Å². The highest BCUT2D eigenvalue weighted by Gasteiger charge is 2.36. The Kier molecular flexibility index (Phi) is 2.59. The van der Waals surface area contributed by atoms with Gasteiger partial charge in [-0.3, -0.25) is 4.79 Å². The molecule has 0 unspecified atom stereocenters. The van der Waals surface area contributed by atoms with Crippen LogP contribution in [0.25, 0.3) is 0 Å². The summed E-state index contributed by atoms with van der Waals surface area (Å²) in [5, 5.41) is 8.91. The van der Waals surface area contributed by atoms with Gasteiger partial charge in [0.05, 0.1) is 6.20 Å². The van der Waals surface area contributed by atoms with E-state index in [0.29, 0.717) is 0 Å². The van der Waals surface area contributed by atoms with Crippen LogP contribution in [-0.4, -0.2) is 16.1 Å².